The molecule has 2 nitrogen and oxygen atoms in total. The Kier molecular flexibility index (Phi) is 6.41. The van der Waals surface area contributed by atoms with E-state index in [0.717, 1.165) is 23.2 Å². The van der Waals surface area contributed by atoms with Crippen molar-refractivity contribution in [3.63, 3.8) is 0 Å². The van der Waals surface area contributed by atoms with E-state index in [2.05, 4.69) is 29.8 Å². The van der Waals surface area contributed by atoms with E-state index in [9.17, 15) is 0 Å². The van der Waals surface area contributed by atoms with Gasteiger partial charge in [-0.15, -0.1) is 0 Å². The van der Waals surface area contributed by atoms with Crippen LogP contribution in [0.2, 0.25) is 0 Å². The van der Waals surface area contributed by atoms with E-state index in [1.165, 1.54) is 19.3 Å². The zero-order chi connectivity index (χ0) is 12.7. The van der Waals surface area contributed by atoms with Crippen molar-refractivity contribution in [2.75, 3.05) is 12.3 Å². The Labute approximate surface area is 113 Å². The summed E-state index contributed by atoms with van der Waals surface area (Å²) in [4.78, 5) is 0. The van der Waals surface area contributed by atoms with E-state index in [4.69, 9.17) is 10.5 Å². The Bertz CT molecular complexity index is 321. The van der Waals surface area contributed by atoms with Crippen LogP contribution in [0, 0.1) is 5.92 Å². The molecule has 0 amide bonds. The highest BCUT2D eigenvalue weighted by atomic mass is 79.9. The van der Waals surface area contributed by atoms with Crippen LogP contribution in [-0.2, 0) is 0 Å². The standard InChI is InChI=1S/C14H22BrNO/c1-3-5-7-11(4-2)10-17-14-12(15)8-6-9-13(14)16/h6,8-9,11H,3-5,7,10,16H2,1-2H3. The summed E-state index contributed by atoms with van der Waals surface area (Å²) < 4.78 is 6.78. The third-order valence-corrected chi connectivity index (χ3v) is 3.63. The molecule has 0 heterocycles. The normalized spacial score (nSPS) is 12.4. The summed E-state index contributed by atoms with van der Waals surface area (Å²) in [5.74, 6) is 1.41. The van der Waals surface area contributed by atoms with Gasteiger partial charge in [-0.3, -0.25) is 0 Å². The number of ether oxygens (including phenoxy) is 1. The van der Waals surface area contributed by atoms with Gasteiger partial charge in [0.25, 0.3) is 0 Å². The summed E-state index contributed by atoms with van der Waals surface area (Å²) in [6.45, 7) is 5.19. The molecule has 1 aromatic rings. The van der Waals surface area contributed by atoms with Crippen molar-refractivity contribution in [3.05, 3.63) is 22.7 Å². The minimum Gasteiger partial charge on any atom is -0.490 e. The van der Waals surface area contributed by atoms with Crippen molar-refractivity contribution >= 4 is 21.6 Å². The van der Waals surface area contributed by atoms with E-state index in [1.807, 2.05) is 18.2 Å². The fraction of sp³-hybridized carbons (Fsp3) is 0.571. The molecule has 0 saturated heterocycles. The monoisotopic (exact) mass is 299 g/mol. The van der Waals surface area contributed by atoms with Gasteiger partial charge in [0.15, 0.2) is 5.75 Å². The number of hydrogen-bond acceptors (Lipinski definition) is 2. The number of benzene rings is 1. The summed E-state index contributed by atoms with van der Waals surface area (Å²) in [7, 11) is 0. The van der Waals surface area contributed by atoms with Gasteiger partial charge < -0.3 is 10.5 Å². The summed E-state index contributed by atoms with van der Waals surface area (Å²) in [6.07, 6.45) is 4.91. The topological polar surface area (TPSA) is 35.2 Å². The van der Waals surface area contributed by atoms with Crippen molar-refractivity contribution in [2.45, 2.75) is 39.5 Å². The second-order valence-electron chi connectivity index (χ2n) is 4.39. The summed E-state index contributed by atoms with van der Waals surface area (Å²) in [6, 6.07) is 5.74. The van der Waals surface area contributed by atoms with Crippen molar-refractivity contribution in [1.29, 1.82) is 0 Å². The highest BCUT2D eigenvalue weighted by molar-refractivity contribution is 9.10. The van der Waals surface area contributed by atoms with Gasteiger partial charge in [0.1, 0.15) is 0 Å². The lowest BCUT2D eigenvalue weighted by atomic mass is 10.0. The molecule has 3 heteroatoms. The highest BCUT2D eigenvalue weighted by Gasteiger charge is 2.10. The van der Waals surface area contributed by atoms with Crippen molar-refractivity contribution < 1.29 is 4.74 Å². The molecular formula is C14H22BrNO. The zero-order valence-electron chi connectivity index (χ0n) is 10.7. The summed E-state index contributed by atoms with van der Waals surface area (Å²) in [5.41, 5.74) is 6.59. The van der Waals surface area contributed by atoms with Crippen LogP contribution >= 0.6 is 15.9 Å². The predicted molar refractivity (Wildman–Crippen MR) is 77.4 cm³/mol. The van der Waals surface area contributed by atoms with Crippen molar-refractivity contribution in [2.24, 2.45) is 5.92 Å². The van der Waals surface area contributed by atoms with E-state index >= 15 is 0 Å². The first-order valence-corrected chi connectivity index (χ1v) is 7.15. The highest BCUT2D eigenvalue weighted by Crippen LogP contribution is 2.31. The number of nitrogens with two attached hydrogens (primary N) is 1. The number of halogens is 1. The first kappa shape index (κ1) is 14.4. The molecule has 0 radical (unpaired) electrons. The minimum atomic E-state index is 0.626. The number of para-hydroxylation sites is 1. The Balaban J connectivity index is 2.53. The molecule has 17 heavy (non-hydrogen) atoms. The third-order valence-electron chi connectivity index (χ3n) is 3.00. The number of rotatable bonds is 7. The van der Waals surface area contributed by atoms with E-state index in [1.54, 1.807) is 0 Å². The maximum Gasteiger partial charge on any atom is 0.156 e. The van der Waals surface area contributed by atoms with Crippen LogP contribution in [0.5, 0.6) is 5.75 Å². The zero-order valence-corrected chi connectivity index (χ0v) is 12.3. The van der Waals surface area contributed by atoms with Crippen LogP contribution in [0.4, 0.5) is 5.69 Å². The van der Waals surface area contributed by atoms with E-state index < -0.39 is 0 Å². The summed E-state index contributed by atoms with van der Waals surface area (Å²) >= 11 is 3.47. The van der Waals surface area contributed by atoms with Gasteiger partial charge in [0.2, 0.25) is 0 Å². The average molecular weight is 300 g/mol. The van der Waals surface area contributed by atoms with Gasteiger partial charge in [-0.05, 0) is 40.4 Å². The second-order valence-corrected chi connectivity index (χ2v) is 5.24. The fourth-order valence-corrected chi connectivity index (χ4v) is 2.27. The third kappa shape index (κ3) is 4.58. The molecule has 1 unspecified atom stereocenters. The van der Waals surface area contributed by atoms with Gasteiger partial charge >= 0.3 is 0 Å². The maximum atomic E-state index is 5.89. The van der Waals surface area contributed by atoms with Gasteiger partial charge in [-0.2, -0.15) is 0 Å². The van der Waals surface area contributed by atoms with Crippen LogP contribution < -0.4 is 10.5 Å². The Morgan fingerprint density at radius 3 is 2.71 bits per heavy atom. The Morgan fingerprint density at radius 2 is 2.12 bits per heavy atom. The van der Waals surface area contributed by atoms with Gasteiger partial charge in [0.05, 0.1) is 16.8 Å². The van der Waals surface area contributed by atoms with Gasteiger partial charge in [-0.25, -0.2) is 0 Å². The number of nitrogen functional groups attached to an aromatic ring is 1. The fourth-order valence-electron chi connectivity index (χ4n) is 1.78. The Hall–Kier alpha value is -0.700. The van der Waals surface area contributed by atoms with E-state index in [0.29, 0.717) is 11.6 Å². The largest absolute Gasteiger partial charge is 0.490 e. The van der Waals surface area contributed by atoms with Gasteiger partial charge in [0, 0.05) is 0 Å². The molecule has 1 rings (SSSR count). The first-order valence-electron chi connectivity index (χ1n) is 6.35. The molecule has 2 N–H and O–H groups in total. The lowest BCUT2D eigenvalue weighted by molar-refractivity contribution is 0.233. The quantitative estimate of drug-likeness (QED) is 0.745. The molecule has 0 aromatic heterocycles. The predicted octanol–water partition coefficient (Wildman–Crippen LogP) is 4.63. The van der Waals surface area contributed by atoms with Crippen LogP contribution in [0.15, 0.2) is 22.7 Å². The molecule has 0 saturated carbocycles. The maximum absolute atomic E-state index is 5.89. The average Bonchev–Trinajstić information content (AvgIpc) is 2.32. The minimum absolute atomic E-state index is 0.626. The molecule has 0 bridgehead atoms. The number of anilines is 1. The van der Waals surface area contributed by atoms with Crippen LogP contribution in [0.25, 0.3) is 0 Å². The van der Waals surface area contributed by atoms with Crippen LogP contribution in [-0.4, -0.2) is 6.61 Å². The summed E-state index contributed by atoms with van der Waals surface area (Å²) in [5, 5.41) is 0. The Morgan fingerprint density at radius 1 is 1.35 bits per heavy atom. The van der Waals surface area contributed by atoms with Crippen LogP contribution in [0.1, 0.15) is 39.5 Å². The molecular weight excluding hydrogens is 278 g/mol. The molecule has 0 aliphatic heterocycles. The van der Waals surface area contributed by atoms with Crippen molar-refractivity contribution in [3.8, 4) is 5.75 Å². The van der Waals surface area contributed by atoms with E-state index in [-0.39, 0.29) is 0 Å². The molecule has 1 aromatic carbocycles. The molecule has 0 aliphatic rings. The SMILES string of the molecule is CCCCC(CC)COc1c(N)cccc1Br. The first-order chi connectivity index (χ1) is 8.19. The molecule has 1 atom stereocenters. The van der Waals surface area contributed by atoms with Crippen molar-refractivity contribution in [1.82, 2.24) is 0 Å². The molecule has 0 spiro atoms. The molecule has 0 fully saturated rings. The lowest BCUT2D eigenvalue weighted by Gasteiger charge is -2.17. The molecule has 96 valence electrons. The van der Waals surface area contributed by atoms with Gasteiger partial charge in [-0.1, -0.05) is 39.2 Å². The van der Waals surface area contributed by atoms with Crippen LogP contribution in [0.3, 0.4) is 0 Å². The molecule has 0 aliphatic carbocycles. The number of hydrogen-bond donors (Lipinski definition) is 1. The second kappa shape index (κ2) is 7.59. The number of unbranched alkanes of at least 4 members (excludes halogenated alkanes) is 1. The lowest BCUT2D eigenvalue weighted by Crippen LogP contribution is -2.12. The smallest absolute Gasteiger partial charge is 0.156 e.